The zero-order chi connectivity index (χ0) is 22.5. The SMILES string of the molecule is COCCN(CC(=O)N1CC(=O)N(c2cccc(Cl)c2C)C1)C(=O)c1ccc(C)cc1. The minimum atomic E-state index is -0.299. The number of nitrogens with zero attached hydrogens (tertiary/aromatic N) is 3. The molecule has 0 radical (unpaired) electrons. The van der Waals surface area contributed by atoms with Crippen LogP contribution in [0, 0.1) is 13.8 Å². The first kappa shape index (κ1) is 22.8. The Bertz CT molecular complexity index is 977. The van der Waals surface area contributed by atoms with Crippen LogP contribution >= 0.6 is 11.6 Å². The molecule has 1 fully saturated rings. The zero-order valence-electron chi connectivity index (χ0n) is 17.9. The Labute approximate surface area is 187 Å². The fourth-order valence-electron chi connectivity index (χ4n) is 3.41. The average molecular weight is 444 g/mol. The molecule has 0 spiro atoms. The highest BCUT2D eigenvalue weighted by atomic mass is 35.5. The van der Waals surface area contributed by atoms with Crippen LogP contribution in [0.25, 0.3) is 0 Å². The fraction of sp³-hybridized carbons (Fsp3) is 0.348. The van der Waals surface area contributed by atoms with Gasteiger partial charge in [-0.1, -0.05) is 35.4 Å². The van der Waals surface area contributed by atoms with Crippen LogP contribution in [0.2, 0.25) is 5.02 Å². The number of rotatable bonds is 7. The van der Waals surface area contributed by atoms with Crippen LogP contribution in [0.15, 0.2) is 42.5 Å². The molecule has 31 heavy (non-hydrogen) atoms. The molecular weight excluding hydrogens is 418 g/mol. The molecule has 164 valence electrons. The number of aryl methyl sites for hydroxylation is 1. The van der Waals surface area contributed by atoms with E-state index in [0.717, 1.165) is 11.1 Å². The number of hydrogen-bond acceptors (Lipinski definition) is 4. The quantitative estimate of drug-likeness (QED) is 0.659. The van der Waals surface area contributed by atoms with Gasteiger partial charge < -0.3 is 14.5 Å². The summed E-state index contributed by atoms with van der Waals surface area (Å²) in [5.41, 5.74) is 3.01. The molecule has 8 heteroatoms. The lowest BCUT2D eigenvalue weighted by atomic mass is 10.1. The van der Waals surface area contributed by atoms with E-state index in [1.54, 1.807) is 42.3 Å². The second kappa shape index (κ2) is 9.94. The second-order valence-electron chi connectivity index (χ2n) is 7.52. The predicted octanol–water partition coefficient (Wildman–Crippen LogP) is 2.88. The molecule has 0 N–H and O–H groups in total. The number of methoxy groups -OCH3 is 1. The summed E-state index contributed by atoms with van der Waals surface area (Å²) >= 11 is 6.18. The van der Waals surface area contributed by atoms with Gasteiger partial charge in [-0.2, -0.15) is 0 Å². The topological polar surface area (TPSA) is 70.2 Å². The minimum absolute atomic E-state index is 0.0401. The van der Waals surface area contributed by atoms with E-state index in [1.165, 1.54) is 9.80 Å². The zero-order valence-corrected chi connectivity index (χ0v) is 18.7. The molecule has 0 saturated carbocycles. The van der Waals surface area contributed by atoms with Gasteiger partial charge in [-0.15, -0.1) is 0 Å². The van der Waals surface area contributed by atoms with Crippen LogP contribution in [-0.4, -0.2) is 67.5 Å². The van der Waals surface area contributed by atoms with Crippen molar-refractivity contribution in [3.8, 4) is 0 Å². The largest absolute Gasteiger partial charge is 0.383 e. The van der Waals surface area contributed by atoms with E-state index >= 15 is 0 Å². The molecule has 3 amide bonds. The van der Waals surface area contributed by atoms with Crippen LogP contribution in [0.1, 0.15) is 21.5 Å². The standard InChI is InChI=1S/C23H26ClN3O4/c1-16-7-9-18(10-8-16)23(30)25(11-12-31-3)13-21(28)26-14-22(29)27(15-26)20-6-4-5-19(24)17(20)2/h4-10H,11-15H2,1-3H3. The first-order valence-corrected chi connectivity index (χ1v) is 10.4. The van der Waals surface area contributed by atoms with E-state index in [-0.39, 0.29) is 44.0 Å². The molecule has 0 atom stereocenters. The van der Waals surface area contributed by atoms with Crippen LogP contribution in [0.4, 0.5) is 5.69 Å². The summed E-state index contributed by atoms with van der Waals surface area (Å²) in [5, 5.41) is 0.560. The summed E-state index contributed by atoms with van der Waals surface area (Å²) in [4.78, 5) is 43.0. The number of benzene rings is 2. The van der Waals surface area contributed by atoms with Gasteiger partial charge in [-0.25, -0.2) is 0 Å². The van der Waals surface area contributed by atoms with Crippen molar-refractivity contribution in [3.05, 3.63) is 64.2 Å². The number of amides is 3. The molecule has 2 aromatic carbocycles. The van der Waals surface area contributed by atoms with E-state index in [1.807, 2.05) is 26.0 Å². The average Bonchev–Trinajstić information content (AvgIpc) is 3.14. The number of hydrogen-bond donors (Lipinski definition) is 0. The minimum Gasteiger partial charge on any atom is -0.383 e. The highest BCUT2D eigenvalue weighted by Gasteiger charge is 2.33. The van der Waals surface area contributed by atoms with Crippen molar-refractivity contribution in [1.29, 1.82) is 0 Å². The molecule has 1 saturated heterocycles. The van der Waals surface area contributed by atoms with Gasteiger partial charge in [0.15, 0.2) is 0 Å². The summed E-state index contributed by atoms with van der Waals surface area (Å²) in [6.45, 7) is 4.30. The van der Waals surface area contributed by atoms with Gasteiger partial charge in [0.2, 0.25) is 11.8 Å². The van der Waals surface area contributed by atoms with Crippen LogP contribution < -0.4 is 4.90 Å². The maximum Gasteiger partial charge on any atom is 0.254 e. The van der Waals surface area contributed by atoms with E-state index in [0.29, 0.717) is 22.9 Å². The van der Waals surface area contributed by atoms with Crippen molar-refractivity contribution >= 4 is 35.0 Å². The Morgan fingerprint density at radius 1 is 1.13 bits per heavy atom. The molecule has 1 aliphatic heterocycles. The van der Waals surface area contributed by atoms with Gasteiger partial charge in [-0.3, -0.25) is 19.3 Å². The summed E-state index contributed by atoms with van der Waals surface area (Å²) in [6.07, 6.45) is 0. The molecule has 1 heterocycles. The molecule has 2 aromatic rings. The summed E-state index contributed by atoms with van der Waals surface area (Å²) in [6, 6.07) is 12.5. The molecule has 1 aliphatic rings. The van der Waals surface area contributed by atoms with Crippen molar-refractivity contribution < 1.29 is 19.1 Å². The molecule has 3 rings (SSSR count). The Hall–Kier alpha value is -2.90. The van der Waals surface area contributed by atoms with Gasteiger partial charge in [0.1, 0.15) is 19.8 Å². The third-order valence-electron chi connectivity index (χ3n) is 5.30. The first-order chi connectivity index (χ1) is 14.8. The van der Waals surface area contributed by atoms with E-state index in [2.05, 4.69) is 0 Å². The molecule has 0 aliphatic carbocycles. The fourth-order valence-corrected chi connectivity index (χ4v) is 3.58. The Balaban J connectivity index is 1.72. The lowest BCUT2D eigenvalue weighted by Gasteiger charge is -2.25. The summed E-state index contributed by atoms with van der Waals surface area (Å²) in [5.74, 6) is -0.738. The van der Waals surface area contributed by atoms with E-state index in [4.69, 9.17) is 16.3 Å². The monoisotopic (exact) mass is 443 g/mol. The summed E-state index contributed by atoms with van der Waals surface area (Å²) < 4.78 is 5.11. The number of anilines is 1. The second-order valence-corrected chi connectivity index (χ2v) is 7.93. The number of carbonyl (C=O) groups is 3. The third kappa shape index (κ3) is 5.24. The predicted molar refractivity (Wildman–Crippen MR) is 119 cm³/mol. The first-order valence-electron chi connectivity index (χ1n) is 10.00. The maximum absolute atomic E-state index is 13.0. The Morgan fingerprint density at radius 2 is 1.84 bits per heavy atom. The molecule has 7 nitrogen and oxygen atoms in total. The highest BCUT2D eigenvalue weighted by molar-refractivity contribution is 6.31. The van der Waals surface area contributed by atoms with Gasteiger partial charge in [0.05, 0.1) is 6.61 Å². The van der Waals surface area contributed by atoms with Crippen LogP contribution in [0.3, 0.4) is 0 Å². The molecule has 0 unspecified atom stereocenters. The van der Waals surface area contributed by atoms with Gasteiger partial charge in [-0.05, 0) is 43.7 Å². The Kier molecular flexibility index (Phi) is 7.30. The Morgan fingerprint density at radius 3 is 2.52 bits per heavy atom. The van der Waals surface area contributed by atoms with Crippen molar-refractivity contribution in [2.24, 2.45) is 0 Å². The number of halogens is 1. The lowest BCUT2D eigenvalue weighted by molar-refractivity contribution is -0.132. The third-order valence-corrected chi connectivity index (χ3v) is 5.71. The van der Waals surface area contributed by atoms with Crippen molar-refractivity contribution in [2.75, 3.05) is 44.9 Å². The molecule has 0 aromatic heterocycles. The van der Waals surface area contributed by atoms with Crippen molar-refractivity contribution in [1.82, 2.24) is 9.80 Å². The normalized spacial score (nSPS) is 13.6. The van der Waals surface area contributed by atoms with Gasteiger partial charge in [0, 0.05) is 29.9 Å². The highest BCUT2D eigenvalue weighted by Crippen LogP contribution is 2.28. The van der Waals surface area contributed by atoms with E-state index < -0.39 is 0 Å². The van der Waals surface area contributed by atoms with Crippen molar-refractivity contribution in [3.63, 3.8) is 0 Å². The van der Waals surface area contributed by atoms with Crippen molar-refractivity contribution in [2.45, 2.75) is 13.8 Å². The van der Waals surface area contributed by atoms with Gasteiger partial charge >= 0.3 is 0 Å². The smallest absolute Gasteiger partial charge is 0.254 e. The maximum atomic E-state index is 13.0. The van der Waals surface area contributed by atoms with Crippen LogP contribution in [-0.2, 0) is 14.3 Å². The number of ether oxygens (including phenoxy) is 1. The number of carbonyl (C=O) groups excluding carboxylic acids is 3. The van der Waals surface area contributed by atoms with Gasteiger partial charge in [0.25, 0.3) is 5.91 Å². The lowest BCUT2D eigenvalue weighted by Crippen LogP contribution is -2.44. The van der Waals surface area contributed by atoms with Crippen LogP contribution in [0.5, 0.6) is 0 Å². The van der Waals surface area contributed by atoms with E-state index in [9.17, 15) is 14.4 Å². The molecule has 0 bridgehead atoms. The molecular formula is C23H26ClN3O4. The summed E-state index contributed by atoms with van der Waals surface area (Å²) in [7, 11) is 1.54.